The van der Waals surface area contributed by atoms with Crippen molar-refractivity contribution in [3.8, 4) is 5.75 Å². The van der Waals surface area contributed by atoms with Crippen LogP contribution in [-0.2, 0) is 0 Å². The first-order valence-electron chi connectivity index (χ1n) is 5.45. The van der Waals surface area contributed by atoms with Crippen LogP contribution < -0.4 is 10.5 Å². The fraction of sp³-hybridized carbons (Fsp3) is 0.308. The molecule has 3 heteroatoms. The lowest BCUT2D eigenvalue weighted by atomic mass is 10.2. The molecule has 0 radical (unpaired) electrons. The number of benzene rings is 1. The van der Waals surface area contributed by atoms with Crippen molar-refractivity contribution in [1.82, 2.24) is 4.98 Å². The van der Waals surface area contributed by atoms with Gasteiger partial charge in [0.25, 0.3) is 0 Å². The molecule has 0 amide bonds. The molecule has 0 aliphatic rings. The van der Waals surface area contributed by atoms with Gasteiger partial charge >= 0.3 is 0 Å². The van der Waals surface area contributed by atoms with E-state index in [1.807, 2.05) is 24.3 Å². The normalized spacial score (nSPS) is 10.9. The van der Waals surface area contributed by atoms with Gasteiger partial charge in [-0.15, -0.1) is 0 Å². The molecule has 0 fully saturated rings. The zero-order chi connectivity index (χ0) is 11.5. The monoisotopic (exact) mass is 216 g/mol. The number of rotatable bonds is 3. The highest BCUT2D eigenvalue weighted by Crippen LogP contribution is 2.26. The van der Waals surface area contributed by atoms with Crippen molar-refractivity contribution in [3.63, 3.8) is 0 Å². The highest BCUT2D eigenvalue weighted by Gasteiger charge is 2.05. The Balaban J connectivity index is 2.42. The van der Waals surface area contributed by atoms with Crippen molar-refractivity contribution in [3.05, 3.63) is 30.3 Å². The number of nitrogens with zero attached hydrogens (tertiary/aromatic N) is 1. The van der Waals surface area contributed by atoms with E-state index in [9.17, 15) is 0 Å². The number of ether oxygens (including phenoxy) is 1. The van der Waals surface area contributed by atoms with Crippen LogP contribution in [0, 0.1) is 5.92 Å². The molecular formula is C13H16N2O. The third kappa shape index (κ3) is 2.24. The number of anilines is 1. The number of para-hydroxylation sites is 1. The van der Waals surface area contributed by atoms with Crippen LogP contribution in [0.4, 0.5) is 5.82 Å². The molecule has 0 spiro atoms. The molecule has 0 saturated carbocycles. The molecule has 2 N–H and O–H groups in total. The summed E-state index contributed by atoms with van der Waals surface area (Å²) in [5.74, 6) is 1.81. The number of nitrogens with two attached hydrogens (primary N) is 1. The first-order valence-corrected chi connectivity index (χ1v) is 5.45. The Kier molecular flexibility index (Phi) is 2.95. The van der Waals surface area contributed by atoms with E-state index in [0.717, 1.165) is 16.7 Å². The minimum atomic E-state index is 0.494. The van der Waals surface area contributed by atoms with Crippen LogP contribution in [0.3, 0.4) is 0 Å². The molecule has 2 aromatic rings. The number of hydrogen-bond donors (Lipinski definition) is 1. The molecule has 0 bridgehead atoms. The van der Waals surface area contributed by atoms with Crippen LogP contribution in [0.5, 0.6) is 5.75 Å². The van der Waals surface area contributed by atoms with Gasteiger partial charge in [0.2, 0.25) is 0 Å². The highest BCUT2D eigenvalue weighted by atomic mass is 16.5. The Labute approximate surface area is 95.2 Å². The van der Waals surface area contributed by atoms with Gasteiger partial charge in [-0.25, -0.2) is 4.98 Å². The van der Waals surface area contributed by atoms with Gasteiger partial charge in [-0.3, -0.25) is 0 Å². The average molecular weight is 216 g/mol. The molecule has 84 valence electrons. The number of aromatic nitrogens is 1. The summed E-state index contributed by atoms with van der Waals surface area (Å²) in [7, 11) is 0. The largest absolute Gasteiger partial charge is 0.492 e. The lowest BCUT2D eigenvalue weighted by molar-refractivity contribution is 0.274. The first-order chi connectivity index (χ1) is 7.66. The van der Waals surface area contributed by atoms with Gasteiger partial charge in [0.15, 0.2) is 0 Å². The quantitative estimate of drug-likeness (QED) is 0.858. The number of hydrogen-bond acceptors (Lipinski definition) is 3. The van der Waals surface area contributed by atoms with E-state index in [-0.39, 0.29) is 0 Å². The average Bonchev–Trinajstić information content (AvgIpc) is 2.25. The van der Waals surface area contributed by atoms with E-state index in [2.05, 4.69) is 18.8 Å². The van der Waals surface area contributed by atoms with E-state index in [1.165, 1.54) is 0 Å². The fourth-order valence-electron chi connectivity index (χ4n) is 1.54. The van der Waals surface area contributed by atoms with Gasteiger partial charge in [-0.05, 0) is 18.1 Å². The molecule has 0 saturated heterocycles. The molecule has 2 rings (SSSR count). The SMILES string of the molecule is CC(C)COc1cc(N)nc2ccccc12. The summed E-state index contributed by atoms with van der Waals surface area (Å²) in [4.78, 5) is 4.26. The first kappa shape index (κ1) is 10.7. The van der Waals surface area contributed by atoms with Crippen molar-refractivity contribution >= 4 is 16.7 Å². The second-order valence-electron chi connectivity index (χ2n) is 4.27. The minimum absolute atomic E-state index is 0.494. The van der Waals surface area contributed by atoms with Gasteiger partial charge in [-0.1, -0.05) is 26.0 Å². The third-order valence-corrected chi connectivity index (χ3v) is 2.27. The maximum absolute atomic E-state index is 5.74. The van der Waals surface area contributed by atoms with Crippen molar-refractivity contribution in [1.29, 1.82) is 0 Å². The maximum atomic E-state index is 5.74. The predicted molar refractivity (Wildman–Crippen MR) is 66.5 cm³/mol. The van der Waals surface area contributed by atoms with E-state index in [1.54, 1.807) is 6.07 Å². The molecule has 0 atom stereocenters. The van der Waals surface area contributed by atoms with Gasteiger partial charge in [0.05, 0.1) is 12.1 Å². The van der Waals surface area contributed by atoms with E-state index < -0.39 is 0 Å². The Bertz CT molecular complexity index is 494. The van der Waals surface area contributed by atoms with E-state index in [4.69, 9.17) is 10.5 Å². The Hall–Kier alpha value is -1.77. The van der Waals surface area contributed by atoms with Gasteiger partial charge < -0.3 is 10.5 Å². The predicted octanol–water partition coefficient (Wildman–Crippen LogP) is 2.85. The summed E-state index contributed by atoms with van der Waals surface area (Å²) < 4.78 is 5.74. The molecule has 0 aliphatic carbocycles. The summed E-state index contributed by atoms with van der Waals surface area (Å²) in [5.41, 5.74) is 6.62. The summed E-state index contributed by atoms with van der Waals surface area (Å²) in [6, 6.07) is 9.64. The smallest absolute Gasteiger partial charge is 0.132 e. The number of nitrogen functional groups attached to an aromatic ring is 1. The second kappa shape index (κ2) is 4.39. The number of pyridine rings is 1. The number of fused-ring (bicyclic) bond motifs is 1. The minimum Gasteiger partial charge on any atom is -0.492 e. The molecule has 0 aliphatic heterocycles. The molecule has 16 heavy (non-hydrogen) atoms. The lowest BCUT2D eigenvalue weighted by Gasteiger charge is -2.11. The highest BCUT2D eigenvalue weighted by molar-refractivity contribution is 5.86. The van der Waals surface area contributed by atoms with Crippen molar-refractivity contribution < 1.29 is 4.74 Å². The molecule has 1 heterocycles. The molecule has 3 nitrogen and oxygen atoms in total. The summed E-state index contributed by atoms with van der Waals surface area (Å²) >= 11 is 0. The van der Waals surface area contributed by atoms with Gasteiger partial charge in [-0.2, -0.15) is 0 Å². The molecular weight excluding hydrogens is 200 g/mol. The topological polar surface area (TPSA) is 48.1 Å². The van der Waals surface area contributed by atoms with Crippen molar-refractivity contribution in [2.24, 2.45) is 5.92 Å². The van der Waals surface area contributed by atoms with E-state index >= 15 is 0 Å². The summed E-state index contributed by atoms with van der Waals surface area (Å²) in [6.07, 6.45) is 0. The molecule has 0 unspecified atom stereocenters. The van der Waals surface area contributed by atoms with Crippen LogP contribution in [-0.4, -0.2) is 11.6 Å². The van der Waals surface area contributed by atoms with Crippen LogP contribution in [0.15, 0.2) is 30.3 Å². The second-order valence-corrected chi connectivity index (χ2v) is 4.27. The van der Waals surface area contributed by atoms with Crippen LogP contribution >= 0.6 is 0 Å². The van der Waals surface area contributed by atoms with Crippen LogP contribution in [0.25, 0.3) is 10.9 Å². The van der Waals surface area contributed by atoms with E-state index in [0.29, 0.717) is 18.3 Å². The molecule has 1 aromatic carbocycles. The zero-order valence-corrected chi connectivity index (χ0v) is 9.60. The van der Waals surface area contributed by atoms with Crippen molar-refractivity contribution in [2.45, 2.75) is 13.8 Å². The standard InChI is InChI=1S/C13H16N2O/c1-9(2)8-16-12-7-13(14)15-11-6-4-3-5-10(11)12/h3-7,9H,8H2,1-2H3,(H2,14,15). The zero-order valence-electron chi connectivity index (χ0n) is 9.60. The summed E-state index contributed by atoms with van der Waals surface area (Å²) in [5, 5.41) is 1.01. The Morgan fingerprint density at radius 1 is 1.31 bits per heavy atom. The molecule has 1 aromatic heterocycles. The Morgan fingerprint density at radius 2 is 2.06 bits per heavy atom. The fourth-order valence-corrected chi connectivity index (χ4v) is 1.54. The Morgan fingerprint density at radius 3 is 2.81 bits per heavy atom. The third-order valence-electron chi connectivity index (χ3n) is 2.27. The van der Waals surface area contributed by atoms with Gasteiger partial charge in [0, 0.05) is 11.5 Å². The lowest BCUT2D eigenvalue weighted by Crippen LogP contribution is -2.05. The maximum Gasteiger partial charge on any atom is 0.132 e. The van der Waals surface area contributed by atoms with Crippen LogP contribution in [0.2, 0.25) is 0 Å². The summed E-state index contributed by atoms with van der Waals surface area (Å²) in [6.45, 7) is 4.92. The van der Waals surface area contributed by atoms with Crippen LogP contribution in [0.1, 0.15) is 13.8 Å². The van der Waals surface area contributed by atoms with Gasteiger partial charge in [0.1, 0.15) is 11.6 Å². The van der Waals surface area contributed by atoms with Crippen molar-refractivity contribution in [2.75, 3.05) is 12.3 Å².